The minimum atomic E-state index is -0.0711. The molecule has 2 fully saturated rings. The number of imidazole rings is 1. The van der Waals surface area contributed by atoms with Gasteiger partial charge in [-0.2, -0.15) is 0 Å². The summed E-state index contributed by atoms with van der Waals surface area (Å²) in [6.45, 7) is 1.97. The molecule has 4 aromatic rings. The molecule has 1 aliphatic heterocycles. The number of hydrogen-bond acceptors (Lipinski definition) is 4. The fourth-order valence-electron chi connectivity index (χ4n) is 6.44. The van der Waals surface area contributed by atoms with Gasteiger partial charge in [-0.05, 0) is 48.2 Å². The van der Waals surface area contributed by atoms with Crippen molar-refractivity contribution in [3.63, 3.8) is 0 Å². The largest absolute Gasteiger partial charge is 0.497 e. The Kier molecular flexibility index (Phi) is 8.03. The predicted octanol–water partition coefficient (Wildman–Crippen LogP) is 5.92. The Hall–Kier alpha value is -4.13. The third kappa shape index (κ3) is 5.99. The summed E-state index contributed by atoms with van der Waals surface area (Å²) < 4.78 is 7.35. The number of fused-ring (bicyclic) bond motifs is 1. The Morgan fingerprint density at radius 2 is 1.66 bits per heavy atom. The van der Waals surface area contributed by atoms with E-state index in [4.69, 9.17) is 9.72 Å². The smallest absolute Gasteiger partial charge is 0.243 e. The number of para-hydroxylation sites is 2. The Bertz CT molecular complexity index is 1490. The van der Waals surface area contributed by atoms with Gasteiger partial charge < -0.3 is 19.1 Å². The number of amides is 2. The molecule has 1 saturated carbocycles. The van der Waals surface area contributed by atoms with E-state index in [1.165, 1.54) is 6.42 Å². The van der Waals surface area contributed by atoms with Crippen LogP contribution < -0.4 is 4.74 Å². The number of rotatable bonds is 9. The van der Waals surface area contributed by atoms with Crippen molar-refractivity contribution >= 4 is 22.8 Å². The average molecular weight is 551 g/mol. The molecule has 212 valence electrons. The second kappa shape index (κ2) is 12.2. The SMILES string of the molecule is COc1ccc(CN2CC(c3nc4ccccc4n3CC(=O)N(Cc3ccccc3)C3CCCCC3)CC2=O)cc1. The molecular formula is C34H38N4O3. The third-order valence-corrected chi connectivity index (χ3v) is 8.62. The molecule has 3 aromatic carbocycles. The summed E-state index contributed by atoms with van der Waals surface area (Å²) >= 11 is 0. The first-order chi connectivity index (χ1) is 20.1. The van der Waals surface area contributed by atoms with Crippen LogP contribution in [0.15, 0.2) is 78.9 Å². The lowest BCUT2D eigenvalue weighted by atomic mass is 9.93. The minimum Gasteiger partial charge on any atom is -0.497 e. The summed E-state index contributed by atoms with van der Waals surface area (Å²) in [4.78, 5) is 36.3. The van der Waals surface area contributed by atoms with Gasteiger partial charge in [-0.3, -0.25) is 9.59 Å². The number of hydrogen-bond donors (Lipinski definition) is 0. The lowest BCUT2D eigenvalue weighted by Crippen LogP contribution is -2.42. The Morgan fingerprint density at radius 1 is 0.927 bits per heavy atom. The van der Waals surface area contributed by atoms with Crippen LogP contribution >= 0.6 is 0 Å². The van der Waals surface area contributed by atoms with E-state index in [1.807, 2.05) is 71.6 Å². The number of aromatic nitrogens is 2. The van der Waals surface area contributed by atoms with Crippen LogP contribution in [0.25, 0.3) is 11.0 Å². The van der Waals surface area contributed by atoms with Crippen molar-refractivity contribution in [1.82, 2.24) is 19.4 Å². The zero-order chi connectivity index (χ0) is 28.2. The number of likely N-dealkylation sites (tertiary alicyclic amines) is 1. The monoisotopic (exact) mass is 550 g/mol. The zero-order valence-corrected chi connectivity index (χ0v) is 23.7. The van der Waals surface area contributed by atoms with Gasteiger partial charge in [0, 0.05) is 38.0 Å². The molecule has 2 aliphatic rings. The van der Waals surface area contributed by atoms with Crippen molar-refractivity contribution in [2.24, 2.45) is 0 Å². The number of carbonyl (C=O) groups is 2. The second-order valence-electron chi connectivity index (χ2n) is 11.4. The average Bonchev–Trinajstić information content (AvgIpc) is 3.56. The van der Waals surface area contributed by atoms with Gasteiger partial charge in [0.15, 0.2) is 0 Å². The summed E-state index contributed by atoms with van der Waals surface area (Å²) in [5, 5.41) is 0. The van der Waals surface area contributed by atoms with Crippen LogP contribution in [0.1, 0.15) is 61.4 Å². The van der Waals surface area contributed by atoms with E-state index in [0.717, 1.165) is 59.4 Å². The molecule has 1 atom stereocenters. The van der Waals surface area contributed by atoms with Gasteiger partial charge in [0.2, 0.25) is 11.8 Å². The zero-order valence-electron chi connectivity index (χ0n) is 23.7. The number of nitrogens with zero attached hydrogens (tertiary/aromatic N) is 4. The normalized spacial score (nSPS) is 17.7. The van der Waals surface area contributed by atoms with Gasteiger partial charge in [0.05, 0.1) is 18.1 Å². The van der Waals surface area contributed by atoms with Crippen LogP contribution in [0.2, 0.25) is 0 Å². The van der Waals surface area contributed by atoms with E-state index in [-0.39, 0.29) is 30.3 Å². The fourth-order valence-corrected chi connectivity index (χ4v) is 6.44. The molecule has 0 N–H and O–H groups in total. The Morgan fingerprint density at radius 3 is 2.41 bits per heavy atom. The lowest BCUT2D eigenvalue weighted by Gasteiger charge is -2.35. The number of methoxy groups -OCH3 is 1. The van der Waals surface area contributed by atoms with E-state index in [2.05, 4.69) is 21.6 Å². The predicted molar refractivity (Wildman–Crippen MR) is 159 cm³/mol. The van der Waals surface area contributed by atoms with Crippen LogP contribution in [0.4, 0.5) is 0 Å². The standard InChI is InChI=1S/C34H38N4O3/c1-41-29-18-16-26(17-19-29)21-36-23-27(20-32(36)39)34-35-30-14-8-9-15-31(30)38(34)24-33(40)37(28-12-6-3-7-13-28)22-25-10-4-2-5-11-25/h2,4-5,8-11,14-19,27-28H,3,6-7,12-13,20-24H2,1H3. The molecule has 0 spiro atoms. The topological polar surface area (TPSA) is 67.7 Å². The van der Waals surface area contributed by atoms with E-state index in [0.29, 0.717) is 26.1 Å². The first-order valence-electron chi connectivity index (χ1n) is 14.8. The second-order valence-corrected chi connectivity index (χ2v) is 11.4. The first kappa shape index (κ1) is 27.1. The Labute approximate surface area is 241 Å². The van der Waals surface area contributed by atoms with E-state index in [1.54, 1.807) is 7.11 Å². The quantitative estimate of drug-likeness (QED) is 0.259. The van der Waals surface area contributed by atoms with Crippen LogP contribution in [0.3, 0.4) is 0 Å². The highest BCUT2D eigenvalue weighted by atomic mass is 16.5. The van der Waals surface area contributed by atoms with Crippen LogP contribution in [0.5, 0.6) is 5.75 Å². The van der Waals surface area contributed by atoms with Crippen molar-refractivity contribution < 1.29 is 14.3 Å². The summed E-state index contributed by atoms with van der Waals surface area (Å²) in [5.41, 5.74) is 4.02. The van der Waals surface area contributed by atoms with Gasteiger partial charge >= 0.3 is 0 Å². The first-order valence-corrected chi connectivity index (χ1v) is 14.8. The highest BCUT2D eigenvalue weighted by molar-refractivity contribution is 5.83. The highest BCUT2D eigenvalue weighted by Crippen LogP contribution is 2.32. The molecule has 1 saturated heterocycles. The van der Waals surface area contributed by atoms with Crippen LogP contribution in [-0.4, -0.2) is 50.9 Å². The van der Waals surface area contributed by atoms with E-state index >= 15 is 0 Å². The maximum absolute atomic E-state index is 14.1. The maximum atomic E-state index is 14.1. The van der Waals surface area contributed by atoms with Gasteiger partial charge in [0.1, 0.15) is 18.1 Å². The van der Waals surface area contributed by atoms with Gasteiger partial charge in [-0.15, -0.1) is 0 Å². The number of carbonyl (C=O) groups excluding carboxylic acids is 2. The molecule has 7 nitrogen and oxygen atoms in total. The number of benzene rings is 3. The fraction of sp³-hybridized carbons (Fsp3) is 0.382. The minimum absolute atomic E-state index is 0.0711. The molecule has 0 bridgehead atoms. The van der Waals surface area contributed by atoms with Gasteiger partial charge in [-0.25, -0.2) is 4.98 Å². The molecule has 2 amide bonds. The van der Waals surface area contributed by atoms with Crippen molar-refractivity contribution in [1.29, 1.82) is 0 Å². The van der Waals surface area contributed by atoms with Crippen LogP contribution in [0, 0.1) is 0 Å². The van der Waals surface area contributed by atoms with Crippen molar-refractivity contribution in [2.75, 3.05) is 13.7 Å². The van der Waals surface area contributed by atoms with Crippen molar-refractivity contribution in [3.05, 3.63) is 95.8 Å². The van der Waals surface area contributed by atoms with Crippen molar-refractivity contribution in [3.8, 4) is 5.75 Å². The Balaban J connectivity index is 1.26. The molecule has 41 heavy (non-hydrogen) atoms. The molecule has 1 unspecified atom stereocenters. The molecule has 1 aromatic heterocycles. The highest BCUT2D eigenvalue weighted by Gasteiger charge is 2.35. The molecule has 2 heterocycles. The van der Waals surface area contributed by atoms with Gasteiger partial charge in [0.25, 0.3) is 0 Å². The van der Waals surface area contributed by atoms with E-state index in [9.17, 15) is 9.59 Å². The maximum Gasteiger partial charge on any atom is 0.243 e. The lowest BCUT2D eigenvalue weighted by molar-refractivity contribution is -0.135. The van der Waals surface area contributed by atoms with Crippen molar-refractivity contribution in [2.45, 2.75) is 70.1 Å². The summed E-state index contributed by atoms with van der Waals surface area (Å²) in [6.07, 6.45) is 6.06. The number of ether oxygens (including phenoxy) is 1. The summed E-state index contributed by atoms with van der Waals surface area (Å²) in [6, 6.07) is 26.4. The summed E-state index contributed by atoms with van der Waals surface area (Å²) in [7, 11) is 1.65. The molecule has 0 radical (unpaired) electrons. The third-order valence-electron chi connectivity index (χ3n) is 8.62. The molecule has 1 aliphatic carbocycles. The van der Waals surface area contributed by atoms with Gasteiger partial charge in [-0.1, -0.05) is 73.9 Å². The molecule has 6 rings (SSSR count). The summed E-state index contributed by atoms with van der Waals surface area (Å²) in [5.74, 6) is 1.78. The van der Waals surface area contributed by atoms with Crippen LogP contribution in [-0.2, 0) is 29.2 Å². The molecular weight excluding hydrogens is 512 g/mol. The van der Waals surface area contributed by atoms with E-state index < -0.39 is 0 Å². The molecule has 7 heteroatoms.